The van der Waals surface area contributed by atoms with Crippen LogP contribution >= 0.6 is 0 Å². The predicted molar refractivity (Wildman–Crippen MR) is 139 cm³/mol. The smallest absolute Gasteiger partial charge is 0.246 e. The van der Waals surface area contributed by atoms with Crippen molar-refractivity contribution in [1.82, 2.24) is 25.5 Å². The molecule has 1 aliphatic carbocycles. The molecule has 5 rings (SSSR count). The Bertz CT molecular complexity index is 1150. The third kappa shape index (κ3) is 5.42. The summed E-state index contributed by atoms with van der Waals surface area (Å²) in [5.41, 5.74) is 2.55. The van der Waals surface area contributed by atoms with Gasteiger partial charge in [0.25, 0.3) is 0 Å². The molecular formula is C28H37N5O4. The SMILES string of the molecule is CNC(C)C(=O)N[C@H](C(=O)N1CCCC1c1cc(-c2ccc3c(c2)OCO3)nc(C)n1)C1CCCCC1. The van der Waals surface area contributed by atoms with Crippen LogP contribution < -0.4 is 20.1 Å². The van der Waals surface area contributed by atoms with Crippen molar-refractivity contribution >= 4 is 11.8 Å². The van der Waals surface area contributed by atoms with E-state index in [9.17, 15) is 9.59 Å². The van der Waals surface area contributed by atoms with E-state index < -0.39 is 6.04 Å². The number of likely N-dealkylation sites (tertiary alicyclic amines) is 1. The van der Waals surface area contributed by atoms with E-state index in [4.69, 9.17) is 14.5 Å². The summed E-state index contributed by atoms with van der Waals surface area (Å²) in [7, 11) is 1.76. The minimum absolute atomic E-state index is 0.00643. The van der Waals surface area contributed by atoms with Gasteiger partial charge in [-0.15, -0.1) is 0 Å². The van der Waals surface area contributed by atoms with E-state index in [1.807, 2.05) is 43.0 Å². The topological polar surface area (TPSA) is 106 Å². The number of aromatic nitrogens is 2. The van der Waals surface area contributed by atoms with Crippen LogP contribution in [0.2, 0.25) is 0 Å². The van der Waals surface area contributed by atoms with Gasteiger partial charge in [0.2, 0.25) is 18.6 Å². The molecule has 198 valence electrons. The molecule has 1 aromatic carbocycles. The lowest BCUT2D eigenvalue weighted by Crippen LogP contribution is -2.55. The fourth-order valence-electron chi connectivity index (χ4n) is 5.74. The summed E-state index contributed by atoms with van der Waals surface area (Å²) in [6.07, 6.45) is 7.04. The first-order chi connectivity index (χ1) is 17.9. The van der Waals surface area contributed by atoms with Crippen molar-refractivity contribution in [1.29, 1.82) is 0 Å². The summed E-state index contributed by atoms with van der Waals surface area (Å²) in [6.45, 7) is 4.58. The van der Waals surface area contributed by atoms with Crippen molar-refractivity contribution in [3.63, 3.8) is 0 Å². The lowest BCUT2D eigenvalue weighted by molar-refractivity contribution is -0.139. The maximum absolute atomic E-state index is 14.1. The minimum atomic E-state index is -0.513. The van der Waals surface area contributed by atoms with Gasteiger partial charge in [-0.05, 0) is 76.8 Å². The standard InChI is InChI=1S/C28H37N5O4/c1-17(29-3)27(34)32-26(19-8-5-4-6-9-19)28(35)33-13-7-10-23(33)22-15-21(30-18(2)31-22)20-11-12-24-25(14-20)37-16-36-24/h11-12,14-15,17,19,23,26,29H,4-10,13,16H2,1-3H3,(H,32,34)/t17?,23?,26-/m0/s1. The van der Waals surface area contributed by atoms with Crippen LogP contribution in [0.3, 0.4) is 0 Å². The zero-order chi connectivity index (χ0) is 25.9. The lowest BCUT2D eigenvalue weighted by atomic mass is 9.83. The average Bonchev–Trinajstić information content (AvgIpc) is 3.60. The molecule has 3 aliphatic rings. The molecule has 3 heterocycles. The van der Waals surface area contributed by atoms with Crippen molar-refractivity contribution in [3.05, 3.63) is 35.8 Å². The number of likely N-dealkylation sites (N-methyl/N-ethyl adjacent to an activating group) is 1. The summed E-state index contributed by atoms with van der Waals surface area (Å²) in [4.78, 5) is 38.3. The van der Waals surface area contributed by atoms with Crippen LogP contribution in [0.1, 0.15) is 69.4 Å². The van der Waals surface area contributed by atoms with Gasteiger partial charge in [0, 0.05) is 12.1 Å². The fraction of sp³-hybridized carbons (Fsp3) is 0.571. The molecule has 2 amide bonds. The Hall–Kier alpha value is -3.20. The highest BCUT2D eigenvalue weighted by Gasteiger charge is 2.39. The molecule has 2 fully saturated rings. The number of rotatable bonds is 7. The molecule has 9 nitrogen and oxygen atoms in total. The summed E-state index contributed by atoms with van der Waals surface area (Å²) in [6, 6.07) is 6.76. The van der Waals surface area contributed by atoms with Gasteiger partial charge in [0.05, 0.1) is 23.5 Å². The normalized spacial score (nSPS) is 21.1. The molecule has 0 bridgehead atoms. The second-order valence-electron chi connectivity index (χ2n) is 10.4. The first-order valence-corrected chi connectivity index (χ1v) is 13.5. The summed E-state index contributed by atoms with van der Waals surface area (Å²) in [5, 5.41) is 6.10. The highest BCUT2D eigenvalue weighted by atomic mass is 16.7. The maximum atomic E-state index is 14.1. The van der Waals surface area contributed by atoms with Gasteiger partial charge in [0.15, 0.2) is 11.5 Å². The first-order valence-electron chi connectivity index (χ1n) is 13.5. The van der Waals surface area contributed by atoms with Crippen LogP contribution in [0.5, 0.6) is 11.5 Å². The van der Waals surface area contributed by atoms with E-state index in [0.29, 0.717) is 18.1 Å². The predicted octanol–water partition coefficient (Wildman–Crippen LogP) is 3.52. The Balaban J connectivity index is 1.41. The number of hydrogen-bond acceptors (Lipinski definition) is 7. The average molecular weight is 508 g/mol. The largest absolute Gasteiger partial charge is 0.454 e. The Morgan fingerprint density at radius 2 is 1.81 bits per heavy atom. The summed E-state index contributed by atoms with van der Waals surface area (Å²) < 4.78 is 11.0. The van der Waals surface area contributed by atoms with Crippen molar-refractivity contribution in [2.24, 2.45) is 5.92 Å². The number of carbonyl (C=O) groups excluding carboxylic acids is 2. The zero-order valence-corrected chi connectivity index (χ0v) is 22.0. The zero-order valence-electron chi connectivity index (χ0n) is 22.0. The fourth-order valence-corrected chi connectivity index (χ4v) is 5.74. The van der Waals surface area contributed by atoms with Gasteiger partial charge >= 0.3 is 0 Å². The second kappa shape index (κ2) is 11.0. The van der Waals surface area contributed by atoms with E-state index >= 15 is 0 Å². The Morgan fingerprint density at radius 1 is 1.03 bits per heavy atom. The third-order valence-electron chi connectivity index (χ3n) is 7.91. The molecule has 1 saturated heterocycles. The molecule has 2 aromatic rings. The number of nitrogens with one attached hydrogen (secondary N) is 2. The maximum Gasteiger partial charge on any atom is 0.246 e. The Kier molecular flexibility index (Phi) is 7.60. The van der Waals surface area contributed by atoms with Crippen LogP contribution in [0.25, 0.3) is 11.3 Å². The van der Waals surface area contributed by atoms with E-state index in [2.05, 4.69) is 15.6 Å². The van der Waals surface area contributed by atoms with Crippen LogP contribution in [0.15, 0.2) is 24.3 Å². The molecule has 0 radical (unpaired) electrons. The first kappa shape index (κ1) is 25.4. The molecule has 1 saturated carbocycles. The number of aryl methyl sites for hydroxylation is 1. The van der Waals surface area contributed by atoms with E-state index in [-0.39, 0.29) is 36.6 Å². The number of carbonyl (C=O) groups is 2. The number of nitrogens with zero attached hydrogens (tertiary/aromatic N) is 3. The van der Waals surface area contributed by atoms with E-state index in [1.54, 1.807) is 7.05 Å². The van der Waals surface area contributed by atoms with Gasteiger partial charge in [-0.2, -0.15) is 0 Å². The monoisotopic (exact) mass is 507 g/mol. The molecule has 0 spiro atoms. The van der Waals surface area contributed by atoms with Gasteiger partial charge in [-0.1, -0.05) is 19.3 Å². The molecule has 2 aliphatic heterocycles. The van der Waals surface area contributed by atoms with Crippen molar-refractivity contribution in [2.45, 2.75) is 76.9 Å². The molecule has 2 N–H and O–H groups in total. The highest BCUT2D eigenvalue weighted by molar-refractivity contribution is 5.90. The van der Waals surface area contributed by atoms with Crippen molar-refractivity contribution < 1.29 is 19.1 Å². The van der Waals surface area contributed by atoms with Crippen LogP contribution in [-0.4, -0.2) is 59.2 Å². The number of amides is 2. The number of benzene rings is 1. The van der Waals surface area contributed by atoms with Crippen molar-refractivity contribution in [3.8, 4) is 22.8 Å². The van der Waals surface area contributed by atoms with Gasteiger partial charge in [-0.25, -0.2) is 9.97 Å². The lowest BCUT2D eigenvalue weighted by Gasteiger charge is -2.35. The van der Waals surface area contributed by atoms with Crippen molar-refractivity contribution in [2.75, 3.05) is 20.4 Å². The second-order valence-corrected chi connectivity index (χ2v) is 10.4. The molecule has 37 heavy (non-hydrogen) atoms. The molecule has 2 unspecified atom stereocenters. The number of ether oxygens (including phenoxy) is 2. The molecule has 1 aromatic heterocycles. The Labute approximate surface area is 218 Å². The van der Waals surface area contributed by atoms with E-state index in [1.165, 1.54) is 6.42 Å². The van der Waals surface area contributed by atoms with Gasteiger partial charge < -0.3 is 25.0 Å². The highest BCUT2D eigenvalue weighted by Crippen LogP contribution is 2.38. The minimum Gasteiger partial charge on any atom is -0.454 e. The van der Waals surface area contributed by atoms with Gasteiger partial charge in [-0.3, -0.25) is 9.59 Å². The molecule has 3 atom stereocenters. The number of hydrogen-bond donors (Lipinski definition) is 2. The van der Waals surface area contributed by atoms with Gasteiger partial charge in [0.1, 0.15) is 11.9 Å². The van der Waals surface area contributed by atoms with E-state index in [0.717, 1.165) is 61.2 Å². The summed E-state index contributed by atoms with van der Waals surface area (Å²) >= 11 is 0. The number of fused-ring (bicyclic) bond motifs is 1. The van der Waals surface area contributed by atoms with Crippen LogP contribution in [0.4, 0.5) is 0 Å². The summed E-state index contributed by atoms with van der Waals surface area (Å²) in [5.74, 6) is 2.12. The quantitative estimate of drug-likeness (QED) is 0.591. The third-order valence-corrected chi connectivity index (χ3v) is 7.91. The Morgan fingerprint density at radius 3 is 2.59 bits per heavy atom. The van der Waals surface area contributed by atoms with Crippen LogP contribution in [0, 0.1) is 12.8 Å². The molecular weight excluding hydrogens is 470 g/mol. The van der Waals surface area contributed by atoms with Crippen LogP contribution in [-0.2, 0) is 9.59 Å². The molecule has 9 heteroatoms.